The van der Waals surface area contributed by atoms with Crippen molar-refractivity contribution in [1.82, 2.24) is 15.1 Å². The van der Waals surface area contributed by atoms with E-state index in [0.717, 1.165) is 26.3 Å². The van der Waals surface area contributed by atoms with E-state index in [-0.39, 0.29) is 5.91 Å². The van der Waals surface area contributed by atoms with Gasteiger partial charge in [0, 0.05) is 18.8 Å². The molecule has 0 fully saturated rings. The van der Waals surface area contributed by atoms with Gasteiger partial charge in [-0.05, 0) is 42.2 Å². The molecular formula is C26H26N4OS2. The number of nitrogens with zero attached hydrogens (tertiary/aromatic N) is 3. The maximum Gasteiger partial charge on any atom is 0.233 e. The largest absolute Gasteiger partial charge is 0.333 e. The Morgan fingerprint density at radius 1 is 0.879 bits per heavy atom. The number of thioether (sulfide) groups is 1. The van der Waals surface area contributed by atoms with Gasteiger partial charge in [-0.2, -0.15) is 0 Å². The molecule has 0 radical (unpaired) electrons. The highest BCUT2D eigenvalue weighted by molar-refractivity contribution is 8.01. The van der Waals surface area contributed by atoms with Gasteiger partial charge in [-0.3, -0.25) is 4.79 Å². The number of anilines is 2. The van der Waals surface area contributed by atoms with Crippen molar-refractivity contribution in [1.29, 1.82) is 0 Å². The van der Waals surface area contributed by atoms with Crippen molar-refractivity contribution >= 4 is 39.8 Å². The maximum absolute atomic E-state index is 13.2. The summed E-state index contributed by atoms with van der Waals surface area (Å²) < 4.78 is 0.774. The smallest absolute Gasteiger partial charge is 0.233 e. The molecule has 1 heterocycles. The van der Waals surface area contributed by atoms with Crippen LogP contribution in [0, 0.1) is 13.8 Å². The molecule has 1 N–H and O–H groups in total. The summed E-state index contributed by atoms with van der Waals surface area (Å²) >= 11 is 2.89. The van der Waals surface area contributed by atoms with E-state index < -0.39 is 0 Å². The zero-order valence-corrected chi connectivity index (χ0v) is 20.3. The fraction of sp³-hybridized carbons (Fsp3) is 0.192. The summed E-state index contributed by atoms with van der Waals surface area (Å²) in [7, 11) is 0. The first kappa shape index (κ1) is 23.0. The summed E-state index contributed by atoms with van der Waals surface area (Å²) in [4.78, 5) is 15.0. The normalized spacial score (nSPS) is 10.7. The molecule has 7 heteroatoms. The molecule has 0 atom stereocenters. The third kappa shape index (κ3) is 6.43. The topological polar surface area (TPSA) is 58.1 Å². The summed E-state index contributed by atoms with van der Waals surface area (Å²) in [5.41, 5.74) is 5.66. The lowest BCUT2D eigenvalue weighted by molar-refractivity contribution is -0.129. The number of aromatic nitrogens is 2. The minimum Gasteiger partial charge on any atom is -0.333 e. The highest BCUT2D eigenvalue weighted by Crippen LogP contribution is 2.29. The van der Waals surface area contributed by atoms with Crippen LogP contribution >= 0.6 is 23.1 Å². The van der Waals surface area contributed by atoms with E-state index >= 15 is 0 Å². The molecule has 33 heavy (non-hydrogen) atoms. The van der Waals surface area contributed by atoms with Gasteiger partial charge in [0.05, 0.1) is 5.75 Å². The predicted molar refractivity (Wildman–Crippen MR) is 137 cm³/mol. The van der Waals surface area contributed by atoms with Crippen LogP contribution in [-0.2, 0) is 17.9 Å². The zero-order valence-electron chi connectivity index (χ0n) is 18.7. The molecule has 4 aromatic rings. The molecular weight excluding hydrogens is 448 g/mol. The van der Waals surface area contributed by atoms with Gasteiger partial charge in [0.2, 0.25) is 11.0 Å². The summed E-state index contributed by atoms with van der Waals surface area (Å²) in [5.74, 6) is 0.393. The lowest BCUT2D eigenvalue weighted by Crippen LogP contribution is -2.31. The number of benzene rings is 3. The molecule has 1 amide bonds. The van der Waals surface area contributed by atoms with Gasteiger partial charge in [-0.15, -0.1) is 10.2 Å². The molecule has 0 saturated carbocycles. The zero-order chi connectivity index (χ0) is 23.0. The Balaban J connectivity index is 1.40. The fourth-order valence-corrected chi connectivity index (χ4v) is 5.04. The van der Waals surface area contributed by atoms with Crippen LogP contribution in [0.15, 0.2) is 83.2 Å². The van der Waals surface area contributed by atoms with Crippen LogP contribution in [0.25, 0.3) is 0 Å². The van der Waals surface area contributed by atoms with E-state index in [2.05, 4.69) is 35.4 Å². The highest BCUT2D eigenvalue weighted by atomic mass is 32.2. The number of hydrogen-bond acceptors (Lipinski definition) is 6. The molecule has 1 aromatic heterocycles. The van der Waals surface area contributed by atoms with Gasteiger partial charge in [0.25, 0.3) is 0 Å². The molecule has 0 aliphatic heterocycles. The molecule has 5 nitrogen and oxygen atoms in total. The Labute approximate surface area is 202 Å². The minimum absolute atomic E-state index is 0.0759. The molecule has 0 aliphatic carbocycles. The summed E-state index contributed by atoms with van der Waals surface area (Å²) in [6.45, 7) is 5.32. The summed E-state index contributed by atoms with van der Waals surface area (Å²) in [5, 5.41) is 12.6. The van der Waals surface area contributed by atoms with Gasteiger partial charge >= 0.3 is 0 Å². The van der Waals surface area contributed by atoms with Gasteiger partial charge in [-0.25, -0.2) is 0 Å². The number of amides is 1. The third-order valence-corrected chi connectivity index (χ3v) is 7.31. The summed E-state index contributed by atoms with van der Waals surface area (Å²) in [6.07, 6.45) is 0. The Hall–Kier alpha value is -3.16. The monoisotopic (exact) mass is 474 g/mol. The Morgan fingerprint density at radius 2 is 1.52 bits per heavy atom. The van der Waals surface area contributed by atoms with E-state index in [1.165, 1.54) is 34.2 Å². The van der Waals surface area contributed by atoms with E-state index in [4.69, 9.17) is 0 Å². The number of nitrogens with one attached hydrogen (secondary N) is 1. The van der Waals surface area contributed by atoms with Crippen molar-refractivity contribution in [2.45, 2.75) is 31.3 Å². The van der Waals surface area contributed by atoms with Gasteiger partial charge < -0.3 is 10.2 Å². The van der Waals surface area contributed by atoms with Gasteiger partial charge in [-0.1, -0.05) is 95.9 Å². The first-order valence-electron chi connectivity index (χ1n) is 10.7. The third-order valence-electron chi connectivity index (χ3n) is 5.36. The van der Waals surface area contributed by atoms with Crippen molar-refractivity contribution in [2.75, 3.05) is 11.1 Å². The summed E-state index contributed by atoms with van der Waals surface area (Å²) in [6, 6.07) is 26.3. The molecule has 0 spiro atoms. The fourth-order valence-electron chi connectivity index (χ4n) is 3.37. The van der Waals surface area contributed by atoms with E-state index in [0.29, 0.717) is 18.8 Å². The first-order chi connectivity index (χ1) is 16.1. The average molecular weight is 475 g/mol. The lowest BCUT2D eigenvalue weighted by Gasteiger charge is -2.23. The van der Waals surface area contributed by atoms with Crippen molar-refractivity contribution in [3.8, 4) is 0 Å². The molecule has 0 aliphatic rings. The molecule has 0 unspecified atom stereocenters. The molecule has 0 bridgehead atoms. The number of rotatable bonds is 9. The van der Waals surface area contributed by atoms with Crippen LogP contribution in [-0.4, -0.2) is 26.8 Å². The average Bonchev–Trinajstić information content (AvgIpc) is 3.29. The van der Waals surface area contributed by atoms with E-state index in [9.17, 15) is 4.79 Å². The van der Waals surface area contributed by atoms with Crippen LogP contribution < -0.4 is 5.32 Å². The number of carbonyl (C=O) groups is 1. The molecule has 0 saturated heterocycles. The predicted octanol–water partition coefficient (Wildman–Crippen LogP) is 6.22. The Kier molecular flexibility index (Phi) is 7.75. The standard InChI is InChI=1S/C26H26N4OS2/c1-19-10-9-15-23(20(19)2)27-25-28-29-26(33-25)32-18-24(31)30(16-21-11-5-3-6-12-21)17-22-13-7-4-8-14-22/h3-15H,16-18H2,1-2H3,(H,27,28). The number of hydrogen-bond donors (Lipinski definition) is 1. The second-order valence-corrected chi connectivity index (χ2v) is 9.96. The maximum atomic E-state index is 13.2. The van der Waals surface area contributed by atoms with E-state index in [1.54, 1.807) is 0 Å². The number of aryl methyl sites for hydroxylation is 1. The van der Waals surface area contributed by atoms with Crippen molar-refractivity contribution in [3.63, 3.8) is 0 Å². The van der Waals surface area contributed by atoms with Crippen LogP contribution in [0.2, 0.25) is 0 Å². The highest BCUT2D eigenvalue weighted by Gasteiger charge is 2.17. The van der Waals surface area contributed by atoms with Crippen LogP contribution in [0.4, 0.5) is 10.8 Å². The van der Waals surface area contributed by atoms with Gasteiger partial charge in [0.15, 0.2) is 4.34 Å². The van der Waals surface area contributed by atoms with Crippen molar-refractivity contribution < 1.29 is 4.79 Å². The molecule has 168 valence electrons. The van der Waals surface area contributed by atoms with Crippen LogP contribution in [0.1, 0.15) is 22.3 Å². The molecule has 3 aromatic carbocycles. The first-order valence-corrected chi connectivity index (χ1v) is 12.5. The van der Waals surface area contributed by atoms with Crippen molar-refractivity contribution in [3.05, 3.63) is 101 Å². The van der Waals surface area contributed by atoms with E-state index in [1.807, 2.05) is 77.7 Å². The van der Waals surface area contributed by atoms with Crippen LogP contribution in [0.3, 0.4) is 0 Å². The Morgan fingerprint density at radius 3 is 2.15 bits per heavy atom. The number of carbonyl (C=O) groups excluding carboxylic acids is 1. The Bertz CT molecular complexity index is 1150. The second-order valence-electron chi connectivity index (χ2n) is 7.76. The SMILES string of the molecule is Cc1cccc(Nc2nnc(SCC(=O)N(Cc3ccccc3)Cc3ccccc3)s2)c1C. The molecule has 4 rings (SSSR count). The van der Waals surface area contributed by atoms with Crippen molar-refractivity contribution in [2.24, 2.45) is 0 Å². The van der Waals surface area contributed by atoms with Gasteiger partial charge in [0.1, 0.15) is 0 Å². The lowest BCUT2D eigenvalue weighted by atomic mass is 10.1. The second kappa shape index (κ2) is 11.1. The quantitative estimate of drug-likeness (QED) is 0.292. The van der Waals surface area contributed by atoms with Crippen LogP contribution in [0.5, 0.6) is 0 Å². The minimum atomic E-state index is 0.0759.